The summed E-state index contributed by atoms with van der Waals surface area (Å²) >= 11 is 4.57. The van der Waals surface area contributed by atoms with Crippen molar-refractivity contribution in [2.75, 3.05) is 25.4 Å². The average molecular weight is 243 g/mol. The third-order valence-corrected chi connectivity index (χ3v) is 5.35. The maximum atomic E-state index is 4.57. The molecule has 1 rings (SSSR count). The van der Waals surface area contributed by atoms with Crippen LogP contribution in [0.5, 0.6) is 0 Å². The van der Waals surface area contributed by atoms with Crippen LogP contribution in [-0.2, 0) is 0 Å². The van der Waals surface area contributed by atoms with Gasteiger partial charge in [-0.3, -0.25) is 0 Å². The molecule has 2 heteroatoms. The van der Waals surface area contributed by atoms with Crippen LogP contribution in [0.2, 0.25) is 0 Å². The zero-order chi connectivity index (χ0) is 12.0. The smallest absolute Gasteiger partial charge is 0.00456 e. The summed E-state index contributed by atoms with van der Waals surface area (Å²) in [4.78, 5) is 2.68. The van der Waals surface area contributed by atoms with Gasteiger partial charge in [-0.15, -0.1) is 0 Å². The topological polar surface area (TPSA) is 3.24 Å². The lowest BCUT2D eigenvalue weighted by Crippen LogP contribution is -2.42. The lowest BCUT2D eigenvalue weighted by atomic mass is 9.83. The first kappa shape index (κ1) is 14.4. The van der Waals surface area contributed by atoms with E-state index in [1.807, 2.05) is 0 Å². The summed E-state index contributed by atoms with van der Waals surface area (Å²) in [6.07, 6.45) is 6.72. The van der Waals surface area contributed by atoms with Crippen molar-refractivity contribution in [2.24, 2.45) is 11.3 Å². The summed E-state index contributed by atoms with van der Waals surface area (Å²) in [6, 6.07) is 0. The van der Waals surface area contributed by atoms with Crippen LogP contribution < -0.4 is 0 Å². The molecular weight excluding hydrogens is 214 g/mol. The molecule has 16 heavy (non-hydrogen) atoms. The van der Waals surface area contributed by atoms with Crippen molar-refractivity contribution in [3.8, 4) is 0 Å². The number of hydrogen-bond donors (Lipinski definition) is 1. The molecule has 1 nitrogen and oxygen atoms in total. The van der Waals surface area contributed by atoms with Gasteiger partial charge >= 0.3 is 0 Å². The normalized spacial score (nSPS) is 20.2. The van der Waals surface area contributed by atoms with Gasteiger partial charge in [-0.25, -0.2) is 0 Å². The number of nitrogens with zero attached hydrogens (tertiary/aromatic N) is 1. The molecule has 96 valence electrons. The van der Waals surface area contributed by atoms with Crippen LogP contribution in [0.1, 0.15) is 52.9 Å². The Bertz CT molecular complexity index is 173. The van der Waals surface area contributed by atoms with E-state index < -0.39 is 0 Å². The van der Waals surface area contributed by atoms with Crippen molar-refractivity contribution >= 4 is 12.6 Å². The maximum absolute atomic E-state index is 4.57. The van der Waals surface area contributed by atoms with E-state index in [1.54, 1.807) is 0 Å². The van der Waals surface area contributed by atoms with Crippen LogP contribution in [-0.4, -0.2) is 30.3 Å². The Morgan fingerprint density at radius 2 is 1.69 bits per heavy atom. The summed E-state index contributed by atoms with van der Waals surface area (Å²) in [5.74, 6) is 2.03. The Balaban J connectivity index is 2.42. The highest BCUT2D eigenvalue weighted by molar-refractivity contribution is 7.80. The molecule has 1 aliphatic heterocycles. The Morgan fingerprint density at radius 1 is 1.12 bits per heavy atom. The zero-order valence-corrected chi connectivity index (χ0v) is 12.2. The summed E-state index contributed by atoms with van der Waals surface area (Å²) in [6.45, 7) is 10.9. The fourth-order valence-electron chi connectivity index (χ4n) is 2.77. The fraction of sp³-hybridized carbons (Fsp3) is 1.00. The SMILES string of the molecule is CCC1CCN(CC(CC)(CC)CS)CC1. The lowest BCUT2D eigenvalue weighted by Gasteiger charge is -2.39. The van der Waals surface area contributed by atoms with E-state index in [2.05, 4.69) is 38.3 Å². The van der Waals surface area contributed by atoms with Crippen molar-refractivity contribution in [3.63, 3.8) is 0 Å². The van der Waals surface area contributed by atoms with Crippen LogP contribution in [0.4, 0.5) is 0 Å². The van der Waals surface area contributed by atoms with E-state index in [1.165, 1.54) is 51.7 Å². The summed E-state index contributed by atoms with van der Waals surface area (Å²) in [7, 11) is 0. The minimum atomic E-state index is 0.460. The quantitative estimate of drug-likeness (QED) is 0.694. The third-order valence-electron chi connectivity index (χ3n) is 4.68. The van der Waals surface area contributed by atoms with Gasteiger partial charge in [0.2, 0.25) is 0 Å². The Labute approximate surface area is 107 Å². The predicted octanol–water partition coefficient (Wildman–Crippen LogP) is 3.84. The number of likely N-dealkylation sites (tertiary alicyclic amines) is 1. The molecule has 1 aliphatic rings. The van der Waals surface area contributed by atoms with Gasteiger partial charge in [-0.2, -0.15) is 12.6 Å². The van der Waals surface area contributed by atoms with Crippen LogP contribution in [0.25, 0.3) is 0 Å². The fourth-order valence-corrected chi connectivity index (χ4v) is 3.32. The van der Waals surface area contributed by atoms with E-state index in [-0.39, 0.29) is 0 Å². The minimum Gasteiger partial charge on any atom is -0.303 e. The Hall–Kier alpha value is 0.310. The van der Waals surface area contributed by atoms with Crippen molar-refractivity contribution in [1.82, 2.24) is 4.90 Å². The molecule has 0 bridgehead atoms. The molecule has 0 N–H and O–H groups in total. The van der Waals surface area contributed by atoms with Gasteiger partial charge in [0.25, 0.3) is 0 Å². The molecule has 0 unspecified atom stereocenters. The number of piperidine rings is 1. The highest BCUT2D eigenvalue weighted by Crippen LogP contribution is 2.31. The third kappa shape index (κ3) is 3.66. The molecule has 0 aromatic heterocycles. The summed E-state index contributed by atoms with van der Waals surface area (Å²) in [5, 5.41) is 0. The largest absolute Gasteiger partial charge is 0.303 e. The first-order valence-electron chi connectivity index (χ1n) is 7.03. The molecule has 0 aromatic carbocycles. The van der Waals surface area contributed by atoms with Gasteiger partial charge in [-0.05, 0) is 55.9 Å². The molecule has 1 heterocycles. The molecule has 0 atom stereocenters. The van der Waals surface area contributed by atoms with Crippen LogP contribution in [0, 0.1) is 11.3 Å². The second-order valence-corrected chi connectivity index (χ2v) is 5.81. The minimum absolute atomic E-state index is 0.460. The first-order chi connectivity index (χ1) is 7.69. The molecule has 0 spiro atoms. The van der Waals surface area contributed by atoms with Crippen molar-refractivity contribution in [1.29, 1.82) is 0 Å². The maximum Gasteiger partial charge on any atom is 0.00456 e. The molecule has 0 aromatic rings. The first-order valence-corrected chi connectivity index (χ1v) is 7.66. The van der Waals surface area contributed by atoms with Gasteiger partial charge < -0.3 is 4.90 Å². The number of rotatable bonds is 6. The number of thiol groups is 1. The monoisotopic (exact) mass is 243 g/mol. The van der Waals surface area contributed by atoms with Crippen LogP contribution >= 0.6 is 12.6 Å². The highest BCUT2D eigenvalue weighted by atomic mass is 32.1. The van der Waals surface area contributed by atoms with Crippen molar-refractivity contribution < 1.29 is 0 Å². The van der Waals surface area contributed by atoms with E-state index in [0.29, 0.717) is 5.41 Å². The molecule has 0 aliphatic carbocycles. The van der Waals surface area contributed by atoms with Gasteiger partial charge in [0, 0.05) is 6.54 Å². The van der Waals surface area contributed by atoms with Crippen molar-refractivity contribution in [3.05, 3.63) is 0 Å². The van der Waals surface area contributed by atoms with Crippen LogP contribution in [0.15, 0.2) is 0 Å². The van der Waals surface area contributed by atoms with E-state index in [0.717, 1.165) is 11.7 Å². The van der Waals surface area contributed by atoms with Gasteiger partial charge in [0.1, 0.15) is 0 Å². The molecule has 1 saturated heterocycles. The predicted molar refractivity (Wildman–Crippen MR) is 76.3 cm³/mol. The second kappa shape index (κ2) is 6.90. The Morgan fingerprint density at radius 3 is 2.06 bits per heavy atom. The Kier molecular flexibility index (Phi) is 6.20. The number of hydrogen-bond acceptors (Lipinski definition) is 2. The molecule has 0 saturated carbocycles. The van der Waals surface area contributed by atoms with Crippen molar-refractivity contribution in [2.45, 2.75) is 52.9 Å². The zero-order valence-electron chi connectivity index (χ0n) is 11.3. The van der Waals surface area contributed by atoms with Gasteiger partial charge in [0.15, 0.2) is 0 Å². The molecule has 0 amide bonds. The van der Waals surface area contributed by atoms with E-state index in [4.69, 9.17) is 0 Å². The van der Waals surface area contributed by atoms with E-state index >= 15 is 0 Å². The lowest BCUT2D eigenvalue weighted by molar-refractivity contribution is 0.115. The van der Waals surface area contributed by atoms with Gasteiger partial charge in [0.05, 0.1) is 0 Å². The summed E-state index contributed by atoms with van der Waals surface area (Å²) in [5.41, 5.74) is 0.460. The molecular formula is C14H29NS. The van der Waals surface area contributed by atoms with E-state index in [9.17, 15) is 0 Å². The summed E-state index contributed by atoms with van der Waals surface area (Å²) < 4.78 is 0. The second-order valence-electron chi connectivity index (χ2n) is 5.49. The molecule has 1 fully saturated rings. The van der Waals surface area contributed by atoms with Gasteiger partial charge in [-0.1, -0.05) is 27.2 Å². The standard InChI is InChI=1S/C14H29NS/c1-4-13-7-9-15(10-8-13)11-14(5-2,6-3)12-16/h13,16H,4-12H2,1-3H3. The highest BCUT2D eigenvalue weighted by Gasteiger charge is 2.29. The molecule has 0 radical (unpaired) electrons. The van der Waals surface area contributed by atoms with Crippen LogP contribution in [0.3, 0.4) is 0 Å². The average Bonchev–Trinajstić information content (AvgIpc) is 2.37.